The molecule has 0 aromatic carbocycles. The van der Waals surface area contributed by atoms with Crippen LogP contribution < -0.4 is 11.1 Å². The molecule has 4 N–H and O–H groups in total. The summed E-state index contributed by atoms with van der Waals surface area (Å²) in [6.07, 6.45) is 7.01. The Labute approximate surface area is 152 Å². The van der Waals surface area contributed by atoms with Gasteiger partial charge in [-0.25, -0.2) is 0 Å². The second kappa shape index (κ2) is 11.2. The molecule has 1 aliphatic rings. The molecule has 142 valence electrons. The third kappa shape index (κ3) is 6.75. The average Bonchev–Trinajstić information content (AvgIpc) is 2.63. The van der Waals surface area contributed by atoms with Crippen molar-refractivity contribution in [3.63, 3.8) is 0 Å². The summed E-state index contributed by atoms with van der Waals surface area (Å²) in [5, 5.41) is 10.9. The van der Waals surface area contributed by atoms with Crippen LogP contribution in [0.25, 0.3) is 0 Å². The van der Waals surface area contributed by atoms with Gasteiger partial charge in [0.1, 0.15) is 0 Å². The first kappa shape index (κ1) is 21.6. The van der Waals surface area contributed by atoms with E-state index in [0.717, 1.165) is 30.9 Å². The first-order chi connectivity index (χ1) is 12.0. The standard InChI is InChI=1S/C18H28N2O.C2H7NO/c1-14(2)18(10-7-15(3)8-11-18)17(21)20-13-9-16-6-4-5-12-19-16;3-1-2-4/h4-6,12,14-15H,7-11,13H2,1-3H3,(H,20,21);4H,1-3H2. The summed E-state index contributed by atoms with van der Waals surface area (Å²) in [4.78, 5) is 17.0. The molecule has 0 unspecified atom stereocenters. The van der Waals surface area contributed by atoms with Crippen LogP contribution in [0.4, 0.5) is 0 Å². The normalized spacial score (nSPS) is 22.9. The van der Waals surface area contributed by atoms with E-state index < -0.39 is 0 Å². The van der Waals surface area contributed by atoms with Crippen LogP contribution in [-0.2, 0) is 11.2 Å². The molecule has 0 saturated heterocycles. The predicted molar refractivity (Wildman–Crippen MR) is 102 cm³/mol. The molecule has 2 rings (SSSR count). The highest BCUT2D eigenvalue weighted by Crippen LogP contribution is 2.44. The number of amides is 1. The van der Waals surface area contributed by atoms with Gasteiger partial charge < -0.3 is 16.2 Å². The van der Waals surface area contributed by atoms with Gasteiger partial charge in [-0.3, -0.25) is 9.78 Å². The molecule has 1 aliphatic carbocycles. The molecule has 1 aromatic heterocycles. The third-order valence-electron chi connectivity index (χ3n) is 5.25. The Balaban J connectivity index is 0.000000705. The van der Waals surface area contributed by atoms with Crippen molar-refractivity contribution in [2.45, 2.75) is 52.9 Å². The molecule has 5 heteroatoms. The van der Waals surface area contributed by atoms with Crippen LogP contribution in [-0.4, -0.2) is 35.7 Å². The zero-order valence-corrected chi connectivity index (χ0v) is 16.0. The van der Waals surface area contributed by atoms with E-state index in [9.17, 15) is 4.79 Å². The second-order valence-corrected chi connectivity index (χ2v) is 7.33. The first-order valence-corrected chi connectivity index (χ1v) is 9.45. The van der Waals surface area contributed by atoms with Gasteiger partial charge in [0, 0.05) is 31.4 Å². The second-order valence-electron chi connectivity index (χ2n) is 7.33. The molecule has 1 heterocycles. The van der Waals surface area contributed by atoms with Crippen molar-refractivity contribution in [3.8, 4) is 0 Å². The fourth-order valence-electron chi connectivity index (χ4n) is 3.37. The number of hydrogen-bond acceptors (Lipinski definition) is 4. The maximum atomic E-state index is 12.7. The lowest BCUT2D eigenvalue weighted by Crippen LogP contribution is -2.47. The molecule has 0 atom stereocenters. The zero-order valence-electron chi connectivity index (χ0n) is 16.0. The van der Waals surface area contributed by atoms with Crippen LogP contribution >= 0.6 is 0 Å². The van der Waals surface area contributed by atoms with Gasteiger partial charge in [-0.2, -0.15) is 0 Å². The minimum absolute atomic E-state index is 0.0972. The highest BCUT2D eigenvalue weighted by Gasteiger charge is 2.43. The van der Waals surface area contributed by atoms with Gasteiger partial charge >= 0.3 is 0 Å². The van der Waals surface area contributed by atoms with Crippen molar-refractivity contribution in [2.24, 2.45) is 23.0 Å². The van der Waals surface area contributed by atoms with E-state index in [-0.39, 0.29) is 17.9 Å². The number of aliphatic hydroxyl groups is 1. The molecular weight excluding hydrogens is 314 g/mol. The summed E-state index contributed by atoms with van der Waals surface area (Å²) in [6.45, 7) is 7.83. The fourth-order valence-corrected chi connectivity index (χ4v) is 3.37. The number of nitrogens with two attached hydrogens (primary N) is 1. The lowest BCUT2D eigenvalue weighted by atomic mass is 9.64. The topological polar surface area (TPSA) is 88.2 Å². The Morgan fingerprint density at radius 2 is 2.04 bits per heavy atom. The van der Waals surface area contributed by atoms with Crippen molar-refractivity contribution in [3.05, 3.63) is 30.1 Å². The zero-order chi connectivity index (χ0) is 18.7. The Morgan fingerprint density at radius 1 is 1.40 bits per heavy atom. The van der Waals surface area contributed by atoms with Gasteiger partial charge in [0.15, 0.2) is 0 Å². The molecule has 1 amide bonds. The van der Waals surface area contributed by atoms with E-state index in [0.29, 0.717) is 19.0 Å². The summed E-state index contributed by atoms with van der Waals surface area (Å²) >= 11 is 0. The van der Waals surface area contributed by atoms with Crippen molar-refractivity contribution in [1.82, 2.24) is 10.3 Å². The van der Waals surface area contributed by atoms with Crippen LogP contribution in [0.5, 0.6) is 0 Å². The quantitative estimate of drug-likeness (QED) is 0.736. The summed E-state index contributed by atoms with van der Waals surface area (Å²) < 4.78 is 0. The molecule has 1 aromatic rings. The van der Waals surface area contributed by atoms with Crippen LogP contribution in [0.3, 0.4) is 0 Å². The van der Waals surface area contributed by atoms with Gasteiger partial charge in [0.05, 0.1) is 12.0 Å². The molecule has 0 bridgehead atoms. The molecule has 5 nitrogen and oxygen atoms in total. The maximum absolute atomic E-state index is 12.7. The van der Waals surface area contributed by atoms with E-state index in [1.165, 1.54) is 12.8 Å². The largest absolute Gasteiger partial charge is 0.395 e. The smallest absolute Gasteiger partial charge is 0.226 e. The summed E-state index contributed by atoms with van der Waals surface area (Å²) in [5.41, 5.74) is 5.66. The SMILES string of the molecule is CC1CCC(C(=O)NCCc2ccccn2)(C(C)C)CC1.NCCO. The lowest BCUT2D eigenvalue weighted by molar-refractivity contribution is -0.136. The van der Waals surface area contributed by atoms with Crippen molar-refractivity contribution >= 4 is 5.91 Å². The highest BCUT2D eigenvalue weighted by molar-refractivity contribution is 5.83. The van der Waals surface area contributed by atoms with Crippen LogP contribution in [0.2, 0.25) is 0 Å². The molecule has 0 aliphatic heterocycles. The van der Waals surface area contributed by atoms with E-state index >= 15 is 0 Å². The Morgan fingerprint density at radius 3 is 2.52 bits per heavy atom. The van der Waals surface area contributed by atoms with E-state index in [1.807, 2.05) is 18.2 Å². The van der Waals surface area contributed by atoms with Gasteiger partial charge in [-0.15, -0.1) is 0 Å². The minimum Gasteiger partial charge on any atom is -0.395 e. The van der Waals surface area contributed by atoms with Crippen LogP contribution in [0.15, 0.2) is 24.4 Å². The van der Waals surface area contributed by atoms with Gasteiger partial charge in [-0.05, 0) is 49.7 Å². The molecule has 1 fully saturated rings. The van der Waals surface area contributed by atoms with E-state index in [2.05, 4.69) is 31.1 Å². The number of aromatic nitrogens is 1. The molecule has 25 heavy (non-hydrogen) atoms. The summed E-state index contributed by atoms with van der Waals surface area (Å²) in [5.74, 6) is 1.42. The molecular formula is C20H35N3O2. The number of carbonyl (C=O) groups is 1. The summed E-state index contributed by atoms with van der Waals surface area (Å²) in [6, 6.07) is 5.91. The Bertz CT molecular complexity index is 481. The van der Waals surface area contributed by atoms with Crippen molar-refractivity contribution < 1.29 is 9.90 Å². The minimum atomic E-state index is -0.156. The average molecular weight is 350 g/mol. The van der Waals surface area contributed by atoms with Gasteiger partial charge in [0.25, 0.3) is 0 Å². The molecule has 0 radical (unpaired) electrons. The van der Waals surface area contributed by atoms with Gasteiger partial charge in [-0.1, -0.05) is 26.8 Å². The molecule has 0 spiro atoms. The Hall–Kier alpha value is -1.46. The van der Waals surface area contributed by atoms with Crippen molar-refractivity contribution in [1.29, 1.82) is 0 Å². The number of pyridine rings is 1. The number of nitrogens with zero attached hydrogens (tertiary/aromatic N) is 1. The number of hydrogen-bond donors (Lipinski definition) is 3. The van der Waals surface area contributed by atoms with E-state index in [4.69, 9.17) is 10.8 Å². The third-order valence-corrected chi connectivity index (χ3v) is 5.25. The number of nitrogens with one attached hydrogen (secondary N) is 1. The van der Waals surface area contributed by atoms with Crippen molar-refractivity contribution in [2.75, 3.05) is 19.7 Å². The highest BCUT2D eigenvalue weighted by atomic mass is 16.3. The monoisotopic (exact) mass is 349 g/mol. The molecule has 1 saturated carbocycles. The van der Waals surface area contributed by atoms with Crippen LogP contribution in [0.1, 0.15) is 52.1 Å². The van der Waals surface area contributed by atoms with Crippen LogP contribution in [0, 0.1) is 17.3 Å². The predicted octanol–water partition coefficient (Wildman–Crippen LogP) is 2.53. The van der Waals surface area contributed by atoms with E-state index in [1.54, 1.807) is 6.20 Å². The number of rotatable bonds is 6. The fraction of sp³-hybridized carbons (Fsp3) is 0.700. The number of carbonyl (C=O) groups excluding carboxylic acids is 1. The summed E-state index contributed by atoms with van der Waals surface area (Å²) in [7, 11) is 0. The number of aliphatic hydroxyl groups excluding tert-OH is 1. The first-order valence-electron chi connectivity index (χ1n) is 9.45. The van der Waals surface area contributed by atoms with Gasteiger partial charge in [0.2, 0.25) is 5.91 Å². The Kier molecular flexibility index (Phi) is 9.68. The lowest BCUT2D eigenvalue weighted by Gasteiger charge is -2.41. The maximum Gasteiger partial charge on any atom is 0.226 e.